The number of halogens is 1. The first kappa shape index (κ1) is 20.5. The van der Waals surface area contributed by atoms with E-state index in [9.17, 15) is 4.79 Å². The van der Waals surface area contributed by atoms with Crippen LogP contribution in [0, 0.1) is 0 Å². The van der Waals surface area contributed by atoms with Crippen molar-refractivity contribution in [1.29, 1.82) is 0 Å². The van der Waals surface area contributed by atoms with Crippen molar-refractivity contribution >= 4 is 40.6 Å². The second-order valence-electron chi connectivity index (χ2n) is 7.28. The molecule has 0 aliphatic carbocycles. The van der Waals surface area contributed by atoms with Crippen LogP contribution in [0.2, 0.25) is 5.02 Å². The summed E-state index contributed by atoms with van der Waals surface area (Å²) in [6.07, 6.45) is 0. The van der Waals surface area contributed by atoms with Crippen LogP contribution in [0.4, 0.5) is 0 Å². The molecule has 148 valence electrons. The van der Waals surface area contributed by atoms with Gasteiger partial charge in [-0.3, -0.25) is 4.79 Å². The third-order valence-corrected chi connectivity index (χ3v) is 10.6. The van der Waals surface area contributed by atoms with Gasteiger partial charge in [-0.25, -0.2) is 0 Å². The van der Waals surface area contributed by atoms with Crippen molar-refractivity contribution in [3.63, 3.8) is 0 Å². The van der Waals surface area contributed by atoms with Crippen LogP contribution in [-0.4, -0.2) is 11.4 Å². The SMILES string of the molecule is CC(C(=O)c1ccc(Cl)cc1)[P+](c1ccccc1)(c1ccccc1)c1ccccc1. The topological polar surface area (TPSA) is 17.1 Å². The molecule has 0 saturated carbocycles. The van der Waals surface area contributed by atoms with E-state index in [4.69, 9.17) is 11.6 Å². The highest BCUT2D eigenvalue weighted by molar-refractivity contribution is 7.96. The molecule has 4 aromatic carbocycles. The van der Waals surface area contributed by atoms with Crippen molar-refractivity contribution in [2.75, 3.05) is 0 Å². The maximum absolute atomic E-state index is 13.8. The third-order valence-electron chi connectivity index (χ3n) is 5.58. The van der Waals surface area contributed by atoms with Gasteiger partial charge in [-0.1, -0.05) is 66.2 Å². The summed E-state index contributed by atoms with van der Waals surface area (Å²) in [4.78, 5) is 13.8. The normalized spacial score (nSPS) is 12.3. The summed E-state index contributed by atoms with van der Waals surface area (Å²) in [7, 11) is -2.26. The summed E-state index contributed by atoms with van der Waals surface area (Å²) in [5.41, 5.74) is 0.463. The number of ketones is 1. The van der Waals surface area contributed by atoms with Gasteiger partial charge in [0.2, 0.25) is 5.78 Å². The molecule has 4 rings (SSSR count). The van der Waals surface area contributed by atoms with Crippen LogP contribution in [0.15, 0.2) is 115 Å². The second kappa shape index (κ2) is 8.96. The zero-order valence-corrected chi connectivity index (χ0v) is 18.4. The maximum atomic E-state index is 13.8. The number of carbonyl (C=O) groups excluding carboxylic acids is 1. The van der Waals surface area contributed by atoms with Gasteiger partial charge >= 0.3 is 0 Å². The molecule has 0 radical (unpaired) electrons. The van der Waals surface area contributed by atoms with Crippen LogP contribution < -0.4 is 15.9 Å². The third kappa shape index (κ3) is 3.72. The van der Waals surface area contributed by atoms with Gasteiger partial charge in [0.25, 0.3) is 0 Å². The molecule has 0 aliphatic rings. The van der Waals surface area contributed by atoms with Gasteiger partial charge in [0.05, 0.1) is 0 Å². The molecule has 0 saturated heterocycles. The molecule has 0 aliphatic heterocycles. The van der Waals surface area contributed by atoms with Crippen molar-refractivity contribution in [2.45, 2.75) is 12.6 Å². The standard InChI is InChI=1S/C27H23ClOP/c1-21(27(29)22-17-19-23(28)20-18-22)30(24-11-5-2-6-12-24,25-13-7-3-8-14-25)26-15-9-4-10-16-26/h2-21H,1H3/q+1. The van der Waals surface area contributed by atoms with E-state index >= 15 is 0 Å². The molecule has 0 bridgehead atoms. The molecule has 1 atom stereocenters. The summed E-state index contributed by atoms with van der Waals surface area (Å²) < 4.78 is 0. The van der Waals surface area contributed by atoms with E-state index in [0.29, 0.717) is 10.6 Å². The molecular formula is C27H23ClOP+. The Morgan fingerprint density at radius 1 is 0.633 bits per heavy atom. The minimum Gasteiger partial charge on any atom is -0.290 e. The molecule has 1 nitrogen and oxygen atoms in total. The van der Waals surface area contributed by atoms with Crippen LogP contribution in [0.3, 0.4) is 0 Å². The molecule has 0 aromatic heterocycles. The van der Waals surface area contributed by atoms with Gasteiger partial charge in [-0.05, 0) is 67.6 Å². The molecular weight excluding hydrogens is 407 g/mol. The Kier molecular flexibility index (Phi) is 6.13. The fourth-order valence-corrected chi connectivity index (χ4v) is 8.93. The lowest BCUT2D eigenvalue weighted by Gasteiger charge is -2.32. The first-order chi connectivity index (χ1) is 14.6. The molecule has 0 amide bonds. The predicted octanol–water partition coefficient (Wildman–Crippen LogP) is 5.91. The molecule has 0 N–H and O–H groups in total. The minimum atomic E-state index is -2.26. The number of carbonyl (C=O) groups is 1. The van der Waals surface area contributed by atoms with E-state index in [0.717, 1.165) is 0 Å². The zero-order valence-electron chi connectivity index (χ0n) is 16.8. The molecule has 0 heterocycles. The molecule has 30 heavy (non-hydrogen) atoms. The van der Waals surface area contributed by atoms with E-state index in [1.165, 1.54) is 15.9 Å². The Hall–Kier alpha value is -2.73. The number of hydrogen-bond donors (Lipinski definition) is 0. The summed E-state index contributed by atoms with van der Waals surface area (Å²) >= 11 is 6.07. The Morgan fingerprint density at radius 2 is 1.00 bits per heavy atom. The lowest BCUT2D eigenvalue weighted by atomic mass is 10.1. The highest BCUT2D eigenvalue weighted by Crippen LogP contribution is 2.60. The van der Waals surface area contributed by atoms with Crippen LogP contribution in [0.5, 0.6) is 0 Å². The van der Waals surface area contributed by atoms with Crippen LogP contribution in [0.25, 0.3) is 0 Å². The van der Waals surface area contributed by atoms with Gasteiger partial charge in [0.15, 0.2) is 0 Å². The monoisotopic (exact) mass is 429 g/mol. The number of rotatable bonds is 6. The van der Waals surface area contributed by atoms with E-state index in [1.54, 1.807) is 12.1 Å². The Morgan fingerprint density at radius 3 is 1.37 bits per heavy atom. The molecule has 3 heteroatoms. The van der Waals surface area contributed by atoms with Crippen LogP contribution >= 0.6 is 18.9 Å². The number of hydrogen-bond acceptors (Lipinski definition) is 1. The van der Waals surface area contributed by atoms with Gasteiger partial charge < -0.3 is 0 Å². The number of benzene rings is 4. The van der Waals surface area contributed by atoms with Gasteiger partial charge in [0, 0.05) is 10.6 Å². The van der Waals surface area contributed by atoms with Crippen molar-refractivity contribution < 1.29 is 4.79 Å². The van der Waals surface area contributed by atoms with Crippen LogP contribution in [-0.2, 0) is 0 Å². The smallest absolute Gasteiger partial charge is 0.203 e. The lowest BCUT2D eigenvalue weighted by Crippen LogP contribution is -2.41. The fraction of sp³-hybridized carbons (Fsp3) is 0.0741. The maximum Gasteiger partial charge on any atom is 0.203 e. The average Bonchev–Trinajstić information content (AvgIpc) is 2.82. The lowest BCUT2D eigenvalue weighted by molar-refractivity contribution is 0.0992. The van der Waals surface area contributed by atoms with Crippen molar-refractivity contribution in [3.8, 4) is 0 Å². The first-order valence-corrected chi connectivity index (χ1v) is 12.2. The summed E-state index contributed by atoms with van der Waals surface area (Å²) in [6.45, 7) is 2.08. The minimum absolute atomic E-state index is 0.136. The molecule has 0 spiro atoms. The Bertz CT molecular complexity index is 1010. The average molecular weight is 430 g/mol. The highest BCUT2D eigenvalue weighted by Gasteiger charge is 2.53. The van der Waals surface area contributed by atoms with Gasteiger partial charge in [-0.15, -0.1) is 0 Å². The van der Waals surface area contributed by atoms with Crippen LogP contribution in [0.1, 0.15) is 17.3 Å². The molecule has 4 aromatic rings. The van der Waals surface area contributed by atoms with E-state index in [-0.39, 0.29) is 11.4 Å². The predicted molar refractivity (Wildman–Crippen MR) is 130 cm³/mol. The summed E-state index contributed by atoms with van der Waals surface area (Å²) in [6, 6.07) is 38.7. The molecule has 0 fully saturated rings. The Balaban J connectivity index is 1.99. The fourth-order valence-electron chi connectivity index (χ4n) is 4.14. The summed E-state index contributed by atoms with van der Waals surface area (Å²) in [5, 5.41) is 4.25. The van der Waals surface area contributed by atoms with Gasteiger partial charge in [-0.2, -0.15) is 0 Å². The zero-order chi connectivity index (χ0) is 21.0. The van der Waals surface area contributed by atoms with Crippen molar-refractivity contribution in [2.24, 2.45) is 0 Å². The van der Waals surface area contributed by atoms with Gasteiger partial charge in [0.1, 0.15) is 28.8 Å². The quantitative estimate of drug-likeness (QED) is 0.275. The van der Waals surface area contributed by atoms with E-state index in [2.05, 4.69) is 79.7 Å². The van der Waals surface area contributed by atoms with Crippen molar-refractivity contribution in [1.82, 2.24) is 0 Å². The first-order valence-electron chi connectivity index (χ1n) is 9.99. The van der Waals surface area contributed by atoms with E-state index < -0.39 is 7.26 Å². The van der Waals surface area contributed by atoms with Crippen molar-refractivity contribution in [3.05, 3.63) is 126 Å². The number of Topliss-reactive ketones (excluding diaryl/α,β-unsaturated/α-hetero) is 1. The van der Waals surface area contributed by atoms with E-state index in [1.807, 2.05) is 30.3 Å². The summed E-state index contributed by atoms with van der Waals surface area (Å²) in [5.74, 6) is 0.136. The Labute approximate surface area is 183 Å². The molecule has 1 unspecified atom stereocenters. The largest absolute Gasteiger partial charge is 0.290 e. The highest BCUT2D eigenvalue weighted by atomic mass is 35.5. The second-order valence-corrected chi connectivity index (χ2v) is 11.5.